The van der Waals surface area contributed by atoms with Crippen molar-refractivity contribution in [2.45, 2.75) is 25.9 Å². The zero-order chi connectivity index (χ0) is 13.1. The van der Waals surface area contributed by atoms with Crippen molar-refractivity contribution < 1.29 is 9.50 Å². The van der Waals surface area contributed by atoms with Gasteiger partial charge < -0.3 is 5.11 Å². The second-order valence-corrected chi connectivity index (χ2v) is 4.75. The molecule has 1 unspecified atom stereocenters. The third-order valence-corrected chi connectivity index (χ3v) is 3.10. The van der Waals surface area contributed by atoms with Crippen LogP contribution in [0.15, 0.2) is 48.5 Å². The van der Waals surface area contributed by atoms with E-state index in [9.17, 15) is 9.50 Å². The normalized spacial score (nSPS) is 12.7. The summed E-state index contributed by atoms with van der Waals surface area (Å²) in [5, 5.41) is 10.2. The molecule has 2 aromatic rings. The molecular weight excluding hydrogens is 227 g/mol. The monoisotopic (exact) mass is 244 g/mol. The topological polar surface area (TPSA) is 20.2 Å². The fourth-order valence-corrected chi connectivity index (χ4v) is 1.95. The van der Waals surface area contributed by atoms with E-state index < -0.39 is 6.10 Å². The van der Waals surface area contributed by atoms with Gasteiger partial charge in [-0.05, 0) is 29.2 Å². The van der Waals surface area contributed by atoms with Crippen LogP contribution in [-0.2, 0) is 0 Å². The van der Waals surface area contributed by atoms with Crippen molar-refractivity contribution in [2.75, 3.05) is 0 Å². The van der Waals surface area contributed by atoms with Gasteiger partial charge in [-0.15, -0.1) is 0 Å². The molecular formula is C16H17FO. The SMILES string of the molecule is CC(C)c1ccc(F)c(C(O)c2ccccc2)c1. The van der Waals surface area contributed by atoms with E-state index in [1.807, 2.05) is 32.0 Å². The minimum absolute atomic E-state index is 0.312. The van der Waals surface area contributed by atoms with Gasteiger partial charge in [0, 0.05) is 5.56 Å². The van der Waals surface area contributed by atoms with Gasteiger partial charge in [-0.2, -0.15) is 0 Å². The minimum atomic E-state index is -0.912. The first-order valence-electron chi connectivity index (χ1n) is 6.12. The van der Waals surface area contributed by atoms with Gasteiger partial charge in [-0.1, -0.05) is 50.2 Å². The summed E-state index contributed by atoms with van der Waals surface area (Å²) in [7, 11) is 0. The average Bonchev–Trinajstić information content (AvgIpc) is 2.39. The molecule has 0 heterocycles. The molecule has 0 aliphatic heterocycles. The number of halogens is 1. The van der Waals surface area contributed by atoms with Crippen molar-refractivity contribution in [1.29, 1.82) is 0 Å². The molecule has 2 rings (SSSR count). The van der Waals surface area contributed by atoms with Crippen LogP contribution < -0.4 is 0 Å². The number of hydrogen-bond donors (Lipinski definition) is 1. The van der Waals surface area contributed by atoms with E-state index in [1.165, 1.54) is 6.07 Å². The highest BCUT2D eigenvalue weighted by Gasteiger charge is 2.16. The van der Waals surface area contributed by atoms with Gasteiger partial charge in [0.15, 0.2) is 0 Å². The Morgan fingerprint density at radius 3 is 2.22 bits per heavy atom. The number of hydrogen-bond acceptors (Lipinski definition) is 1. The average molecular weight is 244 g/mol. The molecule has 0 fully saturated rings. The maximum Gasteiger partial charge on any atom is 0.129 e. The second kappa shape index (κ2) is 5.32. The van der Waals surface area contributed by atoms with E-state index in [1.54, 1.807) is 24.3 Å². The van der Waals surface area contributed by atoms with Gasteiger partial charge in [0.05, 0.1) is 0 Å². The van der Waals surface area contributed by atoms with Crippen LogP contribution in [0.4, 0.5) is 4.39 Å². The van der Waals surface area contributed by atoms with Gasteiger partial charge in [-0.3, -0.25) is 0 Å². The molecule has 0 aliphatic rings. The van der Waals surface area contributed by atoms with Crippen molar-refractivity contribution in [2.24, 2.45) is 0 Å². The quantitative estimate of drug-likeness (QED) is 0.864. The summed E-state index contributed by atoms with van der Waals surface area (Å²) in [6, 6.07) is 14.1. The van der Waals surface area contributed by atoms with Gasteiger partial charge in [0.1, 0.15) is 11.9 Å². The lowest BCUT2D eigenvalue weighted by Gasteiger charge is -2.15. The highest BCUT2D eigenvalue weighted by molar-refractivity contribution is 5.34. The summed E-state index contributed by atoms with van der Waals surface area (Å²) in [6.45, 7) is 4.10. The van der Waals surface area contributed by atoms with Crippen molar-refractivity contribution in [3.63, 3.8) is 0 Å². The third kappa shape index (κ3) is 2.59. The molecule has 1 atom stereocenters. The fraction of sp³-hybridized carbons (Fsp3) is 0.250. The van der Waals surface area contributed by atoms with Crippen LogP contribution in [0.3, 0.4) is 0 Å². The molecule has 0 aromatic heterocycles. The first kappa shape index (κ1) is 12.8. The molecule has 0 radical (unpaired) electrons. The zero-order valence-electron chi connectivity index (χ0n) is 10.6. The van der Waals surface area contributed by atoms with Gasteiger partial charge in [-0.25, -0.2) is 4.39 Å². The first-order chi connectivity index (χ1) is 8.59. The molecule has 0 bridgehead atoms. The Labute approximate surface area is 107 Å². The predicted octanol–water partition coefficient (Wildman–Crippen LogP) is 4.03. The van der Waals surface area contributed by atoms with Crippen molar-refractivity contribution in [1.82, 2.24) is 0 Å². The Bertz CT molecular complexity index is 520. The number of aliphatic hydroxyl groups is 1. The number of rotatable bonds is 3. The summed E-state index contributed by atoms with van der Waals surface area (Å²) in [5.41, 5.74) is 2.08. The van der Waals surface area contributed by atoms with E-state index in [4.69, 9.17) is 0 Å². The first-order valence-corrected chi connectivity index (χ1v) is 6.12. The van der Waals surface area contributed by atoms with E-state index in [2.05, 4.69) is 0 Å². The summed E-state index contributed by atoms with van der Waals surface area (Å²) in [4.78, 5) is 0. The summed E-state index contributed by atoms with van der Waals surface area (Å²) in [6.07, 6.45) is -0.912. The molecule has 0 aliphatic carbocycles. The third-order valence-electron chi connectivity index (χ3n) is 3.10. The molecule has 1 N–H and O–H groups in total. The van der Waals surface area contributed by atoms with Crippen LogP contribution in [0, 0.1) is 5.82 Å². The zero-order valence-corrected chi connectivity index (χ0v) is 10.6. The predicted molar refractivity (Wildman–Crippen MR) is 71.0 cm³/mol. The Hall–Kier alpha value is -1.67. The Balaban J connectivity index is 2.41. The Morgan fingerprint density at radius 2 is 1.61 bits per heavy atom. The lowest BCUT2D eigenvalue weighted by Crippen LogP contribution is -2.04. The summed E-state index contributed by atoms with van der Waals surface area (Å²) in [5.74, 6) is -0.0527. The molecule has 18 heavy (non-hydrogen) atoms. The molecule has 94 valence electrons. The van der Waals surface area contributed by atoms with Gasteiger partial charge in [0.25, 0.3) is 0 Å². The largest absolute Gasteiger partial charge is 0.384 e. The fourth-order valence-electron chi connectivity index (χ4n) is 1.95. The van der Waals surface area contributed by atoms with Crippen LogP contribution in [0.5, 0.6) is 0 Å². The molecule has 1 nitrogen and oxygen atoms in total. The maximum atomic E-state index is 13.8. The van der Waals surface area contributed by atoms with Crippen molar-refractivity contribution in [3.8, 4) is 0 Å². The van der Waals surface area contributed by atoms with Gasteiger partial charge >= 0.3 is 0 Å². The van der Waals surface area contributed by atoms with Gasteiger partial charge in [0.2, 0.25) is 0 Å². The second-order valence-electron chi connectivity index (χ2n) is 4.75. The van der Waals surface area contributed by atoms with Crippen LogP contribution in [0.2, 0.25) is 0 Å². The van der Waals surface area contributed by atoms with E-state index in [0.717, 1.165) is 5.56 Å². The highest BCUT2D eigenvalue weighted by Crippen LogP contribution is 2.27. The highest BCUT2D eigenvalue weighted by atomic mass is 19.1. The molecule has 0 saturated heterocycles. The van der Waals surface area contributed by atoms with Crippen LogP contribution in [-0.4, -0.2) is 5.11 Å². The van der Waals surface area contributed by atoms with Crippen LogP contribution in [0.1, 0.15) is 42.6 Å². The Kier molecular flexibility index (Phi) is 3.78. The maximum absolute atomic E-state index is 13.8. The van der Waals surface area contributed by atoms with Crippen LogP contribution >= 0.6 is 0 Å². The molecule has 2 heteroatoms. The lowest BCUT2D eigenvalue weighted by molar-refractivity contribution is 0.215. The number of aliphatic hydroxyl groups excluding tert-OH is 1. The summed E-state index contributed by atoms with van der Waals surface area (Å²) >= 11 is 0. The summed E-state index contributed by atoms with van der Waals surface area (Å²) < 4.78 is 13.8. The number of benzene rings is 2. The van der Waals surface area contributed by atoms with E-state index in [0.29, 0.717) is 17.0 Å². The minimum Gasteiger partial charge on any atom is -0.384 e. The van der Waals surface area contributed by atoms with E-state index in [-0.39, 0.29) is 5.82 Å². The standard InChI is InChI=1S/C16H17FO/c1-11(2)13-8-9-15(17)14(10-13)16(18)12-6-4-3-5-7-12/h3-11,16,18H,1-2H3. The van der Waals surface area contributed by atoms with Crippen molar-refractivity contribution in [3.05, 3.63) is 71.0 Å². The lowest BCUT2D eigenvalue weighted by atomic mass is 9.95. The van der Waals surface area contributed by atoms with Crippen molar-refractivity contribution >= 4 is 0 Å². The molecule has 0 spiro atoms. The molecule has 2 aromatic carbocycles. The smallest absolute Gasteiger partial charge is 0.129 e. The Morgan fingerprint density at radius 1 is 0.944 bits per heavy atom. The van der Waals surface area contributed by atoms with E-state index >= 15 is 0 Å². The molecule has 0 amide bonds. The molecule has 0 saturated carbocycles. The van der Waals surface area contributed by atoms with Crippen LogP contribution in [0.25, 0.3) is 0 Å².